The first kappa shape index (κ1) is 16.0. The van der Waals surface area contributed by atoms with Crippen LogP contribution in [0.25, 0.3) is 0 Å². The molecule has 0 amide bonds. The molecule has 0 fully saturated rings. The molecular weight excluding hydrogens is 385 g/mol. The second kappa shape index (κ2) is 5.78. The van der Waals surface area contributed by atoms with Gasteiger partial charge in [-0.3, -0.25) is 4.72 Å². The first-order valence-corrected chi connectivity index (χ1v) is 8.25. The van der Waals surface area contributed by atoms with Gasteiger partial charge in [0.2, 0.25) is 0 Å². The summed E-state index contributed by atoms with van der Waals surface area (Å²) in [6.07, 6.45) is 1.24. The molecule has 0 spiro atoms. The van der Waals surface area contributed by atoms with Crippen LogP contribution in [0.2, 0.25) is 5.15 Å². The fourth-order valence-electron chi connectivity index (χ4n) is 1.57. The van der Waals surface area contributed by atoms with Gasteiger partial charge >= 0.3 is 0 Å². The molecule has 0 bridgehead atoms. The van der Waals surface area contributed by atoms with E-state index in [4.69, 9.17) is 17.3 Å². The zero-order chi connectivity index (χ0) is 15.8. The van der Waals surface area contributed by atoms with Crippen LogP contribution in [-0.4, -0.2) is 13.4 Å². The van der Waals surface area contributed by atoms with E-state index < -0.39 is 20.7 Å². The molecule has 0 aliphatic heterocycles. The van der Waals surface area contributed by atoms with Crippen molar-refractivity contribution in [3.63, 3.8) is 0 Å². The minimum Gasteiger partial charge on any atom is -0.398 e. The summed E-state index contributed by atoms with van der Waals surface area (Å²) in [7, 11) is -4.12. The van der Waals surface area contributed by atoms with Crippen molar-refractivity contribution in [2.75, 3.05) is 10.5 Å². The molecule has 0 aliphatic rings. The van der Waals surface area contributed by atoms with Gasteiger partial charge in [-0.25, -0.2) is 17.8 Å². The quantitative estimate of drug-likeness (QED) is 0.618. The van der Waals surface area contributed by atoms with Crippen molar-refractivity contribution >= 4 is 48.9 Å². The van der Waals surface area contributed by atoms with Crippen molar-refractivity contribution in [2.24, 2.45) is 0 Å². The summed E-state index contributed by atoms with van der Waals surface area (Å²) in [6, 6.07) is 3.53. The van der Waals surface area contributed by atoms with Gasteiger partial charge in [-0.05, 0) is 46.6 Å². The SMILES string of the molecule is Cc1cc(NS(=O)(=O)c2cc(N)c(Br)cc2F)cnc1Cl. The Labute approximate surface area is 134 Å². The second-order valence-electron chi connectivity index (χ2n) is 4.24. The number of nitrogens with zero attached hydrogens (tertiary/aromatic N) is 1. The van der Waals surface area contributed by atoms with E-state index in [9.17, 15) is 12.8 Å². The number of nitrogens with two attached hydrogens (primary N) is 1. The molecule has 2 aromatic rings. The number of rotatable bonds is 3. The van der Waals surface area contributed by atoms with Gasteiger partial charge in [0, 0.05) is 10.2 Å². The highest BCUT2D eigenvalue weighted by molar-refractivity contribution is 9.10. The zero-order valence-corrected chi connectivity index (χ0v) is 13.9. The first-order chi connectivity index (χ1) is 9.70. The largest absolute Gasteiger partial charge is 0.398 e. The van der Waals surface area contributed by atoms with Crippen LogP contribution in [0.1, 0.15) is 5.56 Å². The van der Waals surface area contributed by atoms with E-state index in [-0.39, 0.29) is 21.0 Å². The lowest BCUT2D eigenvalue weighted by molar-refractivity contribution is 0.570. The Kier molecular flexibility index (Phi) is 4.40. The maximum atomic E-state index is 13.8. The van der Waals surface area contributed by atoms with Crippen LogP contribution < -0.4 is 10.5 Å². The Morgan fingerprint density at radius 2 is 2.05 bits per heavy atom. The van der Waals surface area contributed by atoms with Crippen LogP contribution in [0, 0.1) is 12.7 Å². The zero-order valence-electron chi connectivity index (χ0n) is 10.7. The van der Waals surface area contributed by atoms with E-state index in [1.807, 2.05) is 0 Å². The normalized spacial score (nSPS) is 11.4. The predicted octanol–water partition coefficient (Wildman–Crippen LogP) is 3.33. The maximum Gasteiger partial charge on any atom is 0.264 e. The molecule has 0 saturated heterocycles. The standard InChI is InChI=1S/C12H10BrClFN3O2S/c1-6-2-7(5-17-12(6)14)18-21(19,20)11-4-10(16)8(13)3-9(11)15/h2-5,18H,16H2,1H3. The van der Waals surface area contributed by atoms with E-state index in [0.29, 0.717) is 5.56 Å². The summed E-state index contributed by atoms with van der Waals surface area (Å²) in [4.78, 5) is 3.28. The molecule has 0 radical (unpaired) electrons. The molecule has 2 rings (SSSR count). The highest BCUT2D eigenvalue weighted by Gasteiger charge is 2.21. The lowest BCUT2D eigenvalue weighted by Gasteiger charge is -2.11. The number of aromatic nitrogens is 1. The minimum absolute atomic E-state index is 0.113. The number of hydrogen-bond acceptors (Lipinski definition) is 4. The van der Waals surface area contributed by atoms with Crippen LogP contribution in [0.15, 0.2) is 33.8 Å². The number of nitrogen functional groups attached to an aromatic ring is 1. The molecule has 3 N–H and O–H groups in total. The summed E-state index contributed by atoms with van der Waals surface area (Å²) in [6.45, 7) is 1.67. The molecule has 1 heterocycles. The monoisotopic (exact) mass is 393 g/mol. The fourth-order valence-corrected chi connectivity index (χ4v) is 3.12. The molecule has 1 aromatic carbocycles. The lowest BCUT2D eigenvalue weighted by atomic mass is 10.3. The summed E-state index contributed by atoms with van der Waals surface area (Å²) in [5.74, 6) is -0.915. The van der Waals surface area contributed by atoms with Gasteiger partial charge in [0.15, 0.2) is 0 Å². The molecule has 0 unspecified atom stereocenters. The highest BCUT2D eigenvalue weighted by Crippen LogP contribution is 2.27. The second-order valence-corrected chi connectivity index (χ2v) is 7.10. The molecule has 1 aromatic heterocycles. The summed E-state index contributed by atoms with van der Waals surface area (Å²) >= 11 is 8.79. The molecule has 0 saturated carbocycles. The summed E-state index contributed by atoms with van der Waals surface area (Å²) in [5, 5.41) is 0.261. The smallest absolute Gasteiger partial charge is 0.264 e. The van der Waals surface area contributed by atoms with Crippen LogP contribution in [-0.2, 0) is 10.0 Å². The molecule has 9 heteroatoms. The van der Waals surface area contributed by atoms with Crippen molar-refractivity contribution in [2.45, 2.75) is 11.8 Å². The number of benzene rings is 1. The Morgan fingerprint density at radius 3 is 2.67 bits per heavy atom. The van der Waals surface area contributed by atoms with Crippen molar-refractivity contribution < 1.29 is 12.8 Å². The van der Waals surface area contributed by atoms with Gasteiger partial charge in [0.25, 0.3) is 10.0 Å². The van der Waals surface area contributed by atoms with Gasteiger partial charge in [-0.1, -0.05) is 11.6 Å². The average molecular weight is 395 g/mol. The van der Waals surface area contributed by atoms with Gasteiger partial charge in [0.1, 0.15) is 15.9 Å². The van der Waals surface area contributed by atoms with Gasteiger partial charge < -0.3 is 5.73 Å². The number of sulfonamides is 1. The highest BCUT2D eigenvalue weighted by atomic mass is 79.9. The van der Waals surface area contributed by atoms with Gasteiger partial charge in [0.05, 0.1) is 11.9 Å². The van der Waals surface area contributed by atoms with Crippen LogP contribution in [0.3, 0.4) is 0 Å². The minimum atomic E-state index is -4.12. The maximum absolute atomic E-state index is 13.8. The number of anilines is 2. The first-order valence-electron chi connectivity index (χ1n) is 5.60. The number of nitrogens with one attached hydrogen (secondary N) is 1. The van der Waals surface area contributed by atoms with Crippen LogP contribution in [0.5, 0.6) is 0 Å². The van der Waals surface area contributed by atoms with E-state index >= 15 is 0 Å². The summed E-state index contributed by atoms with van der Waals surface area (Å²) in [5.41, 5.74) is 6.47. The third-order valence-corrected chi connectivity index (χ3v) is 5.09. The van der Waals surface area contributed by atoms with Gasteiger partial charge in [-0.2, -0.15) is 0 Å². The van der Waals surface area contributed by atoms with Crippen LogP contribution >= 0.6 is 27.5 Å². The predicted molar refractivity (Wildman–Crippen MR) is 83.3 cm³/mol. The number of hydrogen-bond donors (Lipinski definition) is 2. The van der Waals surface area contributed by atoms with E-state index in [1.165, 1.54) is 12.3 Å². The Bertz CT molecular complexity index is 814. The third kappa shape index (κ3) is 3.45. The van der Waals surface area contributed by atoms with E-state index in [2.05, 4.69) is 25.6 Å². The average Bonchev–Trinajstić information content (AvgIpc) is 2.37. The Hall–Kier alpha value is -1.38. The fraction of sp³-hybridized carbons (Fsp3) is 0.0833. The number of pyridine rings is 1. The molecule has 0 atom stereocenters. The van der Waals surface area contributed by atoms with Crippen molar-refractivity contribution in [1.29, 1.82) is 0 Å². The van der Waals surface area contributed by atoms with Gasteiger partial charge in [-0.15, -0.1) is 0 Å². The number of halogens is 3. The van der Waals surface area contributed by atoms with Crippen molar-refractivity contribution in [3.05, 3.63) is 45.4 Å². The third-order valence-electron chi connectivity index (χ3n) is 2.61. The molecular formula is C12H10BrClFN3O2S. The topological polar surface area (TPSA) is 85.1 Å². The molecule has 0 aliphatic carbocycles. The number of aryl methyl sites for hydroxylation is 1. The molecule has 112 valence electrons. The summed E-state index contributed by atoms with van der Waals surface area (Å²) < 4.78 is 40.7. The molecule has 21 heavy (non-hydrogen) atoms. The Balaban J connectivity index is 2.43. The molecule has 5 nitrogen and oxygen atoms in total. The van der Waals surface area contributed by atoms with E-state index in [0.717, 1.165) is 12.1 Å². The lowest BCUT2D eigenvalue weighted by Crippen LogP contribution is -2.15. The Morgan fingerprint density at radius 1 is 1.38 bits per heavy atom. The van der Waals surface area contributed by atoms with E-state index in [1.54, 1.807) is 6.92 Å². The van der Waals surface area contributed by atoms with Crippen molar-refractivity contribution in [3.8, 4) is 0 Å². The van der Waals surface area contributed by atoms with Crippen molar-refractivity contribution in [1.82, 2.24) is 4.98 Å². The van der Waals surface area contributed by atoms with Crippen LogP contribution in [0.4, 0.5) is 15.8 Å².